The van der Waals surface area contributed by atoms with Crippen LogP contribution in [-0.4, -0.2) is 29.0 Å². The molecule has 0 unspecified atom stereocenters. The van der Waals surface area contributed by atoms with E-state index in [0.717, 1.165) is 10.5 Å². The number of anilines is 1. The summed E-state index contributed by atoms with van der Waals surface area (Å²) in [6.45, 7) is 1.78. The van der Waals surface area contributed by atoms with E-state index in [1.165, 1.54) is 36.4 Å². The Hall–Kier alpha value is -3.68. The second-order valence-corrected chi connectivity index (χ2v) is 9.39. The Balaban J connectivity index is 1.55. The third kappa shape index (κ3) is 2.79. The van der Waals surface area contributed by atoms with Crippen molar-refractivity contribution in [1.29, 1.82) is 0 Å². The van der Waals surface area contributed by atoms with Gasteiger partial charge in [-0.15, -0.1) is 0 Å². The molecule has 8 heteroatoms. The molecule has 2 amide bonds. The Kier molecular flexibility index (Phi) is 4.62. The van der Waals surface area contributed by atoms with Crippen LogP contribution in [0.25, 0.3) is 0 Å². The SMILES string of the molecule is Cc1ccc(N2C(=O)[C@@H]3[C@@H](c4cccc(F)c4)OC4(C(=O)c5ccccc5C4=O)[C@H]3C2=O)cc1Cl. The molecule has 0 bridgehead atoms. The number of carbonyl (C=O) groups excluding carboxylic acids is 4. The zero-order valence-electron chi connectivity index (χ0n) is 18.3. The quantitative estimate of drug-likeness (QED) is 0.391. The van der Waals surface area contributed by atoms with Gasteiger partial charge in [-0.25, -0.2) is 9.29 Å². The van der Waals surface area contributed by atoms with Gasteiger partial charge < -0.3 is 4.74 Å². The van der Waals surface area contributed by atoms with Crippen LogP contribution in [0.1, 0.15) is 37.9 Å². The molecule has 1 aliphatic carbocycles. The van der Waals surface area contributed by atoms with Crippen molar-refractivity contribution in [2.75, 3.05) is 4.90 Å². The van der Waals surface area contributed by atoms with Crippen molar-refractivity contribution in [1.82, 2.24) is 0 Å². The third-order valence-electron chi connectivity index (χ3n) is 7.11. The minimum Gasteiger partial charge on any atom is -0.349 e. The van der Waals surface area contributed by atoms with Crippen LogP contribution in [0.2, 0.25) is 5.02 Å². The van der Waals surface area contributed by atoms with Crippen LogP contribution in [0.15, 0.2) is 66.7 Å². The zero-order valence-corrected chi connectivity index (χ0v) is 19.1. The number of fused-ring (bicyclic) bond motifs is 3. The molecule has 1 spiro atoms. The normalized spacial score (nSPS) is 24.4. The predicted molar refractivity (Wildman–Crippen MR) is 124 cm³/mol. The molecule has 0 radical (unpaired) electrons. The summed E-state index contributed by atoms with van der Waals surface area (Å²) in [4.78, 5) is 55.9. The topological polar surface area (TPSA) is 80.8 Å². The highest BCUT2D eigenvalue weighted by Crippen LogP contribution is 2.57. The highest BCUT2D eigenvalue weighted by Gasteiger charge is 2.74. The number of nitrogens with zero attached hydrogens (tertiary/aromatic N) is 1. The lowest BCUT2D eigenvalue weighted by Crippen LogP contribution is -2.51. The van der Waals surface area contributed by atoms with Crippen molar-refractivity contribution >= 4 is 40.7 Å². The van der Waals surface area contributed by atoms with Gasteiger partial charge in [0.25, 0.3) is 0 Å². The summed E-state index contributed by atoms with van der Waals surface area (Å²) in [5.74, 6) is -5.89. The van der Waals surface area contributed by atoms with Gasteiger partial charge in [0.05, 0.1) is 23.6 Å². The van der Waals surface area contributed by atoms with Crippen molar-refractivity contribution in [3.8, 4) is 0 Å². The standard InChI is InChI=1S/C27H17ClFNO5/c1-13-9-10-16(12-19(13)28)30-25(33)20-21(26(30)34)27(35-22(20)14-5-4-6-15(29)11-14)23(31)17-7-2-3-8-18(17)24(27)32/h2-12,20-22H,1H3/t20-,21+,22+/m0/s1. The lowest BCUT2D eigenvalue weighted by molar-refractivity contribution is -0.127. The fraction of sp³-hybridized carbons (Fsp3) is 0.185. The second kappa shape index (κ2) is 7.41. The smallest absolute Gasteiger partial charge is 0.241 e. The molecule has 3 aromatic rings. The number of benzene rings is 3. The zero-order chi connectivity index (χ0) is 24.6. The van der Waals surface area contributed by atoms with E-state index in [9.17, 15) is 23.6 Å². The molecule has 3 atom stereocenters. The molecule has 174 valence electrons. The average molecular weight is 490 g/mol. The van der Waals surface area contributed by atoms with E-state index in [0.29, 0.717) is 5.02 Å². The first-order valence-electron chi connectivity index (χ1n) is 11.0. The predicted octanol–water partition coefficient (Wildman–Crippen LogP) is 4.48. The van der Waals surface area contributed by atoms with Gasteiger partial charge in [-0.2, -0.15) is 0 Å². The number of hydrogen-bond donors (Lipinski definition) is 0. The van der Waals surface area contributed by atoms with Crippen LogP contribution in [0.4, 0.5) is 10.1 Å². The van der Waals surface area contributed by atoms with Crippen molar-refractivity contribution < 1.29 is 28.3 Å². The molecule has 3 aliphatic rings. The Morgan fingerprint density at radius 1 is 0.886 bits per heavy atom. The maximum absolute atomic E-state index is 14.1. The van der Waals surface area contributed by atoms with Gasteiger partial charge >= 0.3 is 0 Å². The molecule has 0 saturated carbocycles. The molecule has 2 aliphatic heterocycles. The highest BCUT2D eigenvalue weighted by atomic mass is 35.5. The van der Waals surface area contributed by atoms with Crippen molar-refractivity contribution in [3.05, 3.63) is 99.8 Å². The summed E-state index contributed by atoms with van der Waals surface area (Å²) in [5, 5.41) is 0.355. The van der Waals surface area contributed by atoms with Crippen molar-refractivity contribution in [2.24, 2.45) is 11.8 Å². The molecule has 2 fully saturated rings. The van der Waals surface area contributed by atoms with E-state index >= 15 is 0 Å². The van der Waals surface area contributed by atoms with Crippen LogP contribution in [0, 0.1) is 24.6 Å². The number of ketones is 2. The van der Waals surface area contributed by atoms with Gasteiger partial charge in [-0.3, -0.25) is 19.2 Å². The van der Waals surface area contributed by atoms with Gasteiger partial charge in [-0.1, -0.05) is 54.1 Å². The lowest BCUT2D eigenvalue weighted by Gasteiger charge is -2.27. The number of rotatable bonds is 2. The van der Waals surface area contributed by atoms with Crippen molar-refractivity contribution in [2.45, 2.75) is 18.6 Å². The minimum absolute atomic E-state index is 0.133. The van der Waals surface area contributed by atoms with Crippen molar-refractivity contribution in [3.63, 3.8) is 0 Å². The molecule has 0 N–H and O–H groups in total. The lowest BCUT2D eigenvalue weighted by atomic mass is 9.77. The summed E-state index contributed by atoms with van der Waals surface area (Å²) in [5.41, 5.74) is -0.696. The van der Waals surface area contributed by atoms with E-state index in [4.69, 9.17) is 16.3 Å². The first-order valence-corrected chi connectivity index (χ1v) is 11.4. The molecular formula is C27H17ClFNO5. The Morgan fingerprint density at radius 2 is 1.57 bits per heavy atom. The first kappa shape index (κ1) is 21.8. The summed E-state index contributed by atoms with van der Waals surface area (Å²) < 4.78 is 20.3. The second-order valence-electron chi connectivity index (χ2n) is 8.98. The maximum atomic E-state index is 14.1. The van der Waals surface area contributed by atoms with Gasteiger partial charge in [0.15, 0.2) is 0 Å². The number of hydrogen-bond acceptors (Lipinski definition) is 5. The molecular weight excluding hydrogens is 473 g/mol. The first-order chi connectivity index (χ1) is 16.8. The van der Waals surface area contributed by atoms with Crippen LogP contribution in [-0.2, 0) is 14.3 Å². The van der Waals surface area contributed by atoms with E-state index in [1.807, 2.05) is 0 Å². The fourth-order valence-electron chi connectivity index (χ4n) is 5.48. The third-order valence-corrected chi connectivity index (χ3v) is 7.52. The van der Waals surface area contributed by atoms with Gasteiger partial charge in [0, 0.05) is 16.1 Å². The van der Waals surface area contributed by atoms with E-state index < -0.39 is 52.7 Å². The Labute approximate surface area is 204 Å². The number of imide groups is 1. The minimum atomic E-state index is -2.21. The summed E-state index contributed by atoms with van der Waals surface area (Å²) in [6.07, 6.45) is -1.18. The molecule has 6 nitrogen and oxygen atoms in total. The number of ether oxygens (including phenoxy) is 1. The average Bonchev–Trinajstić information content (AvgIpc) is 3.41. The summed E-state index contributed by atoms with van der Waals surface area (Å²) in [7, 11) is 0. The van der Waals surface area contributed by atoms with Crippen LogP contribution < -0.4 is 4.90 Å². The van der Waals surface area contributed by atoms with E-state index in [-0.39, 0.29) is 22.4 Å². The fourth-order valence-corrected chi connectivity index (χ4v) is 5.65. The van der Waals surface area contributed by atoms with E-state index in [2.05, 4.69) is 0 Å². The number of halogens is 2. The Bertz CT molecular complexity index is 1450. The molecule has 35 heavy (non-hydrogen) atoms. The molecule has 3 aromatic carbocycles. The summed E-state index contributed by atoms with van der Waals surface area (Å²) >= 11 is 6.25. The van der Waals surface area contributed by atoms with Gasteiger partial charge in [0.2, 0.25) is 29.0 Å². The number of carbonyl (C=O) groups is 4. The van der Waals surface area contributed by atoms with Gasteiger partial charge in [-0.05, 0) is 42.3 Å². The van der Waals surface area contributed by atoms with Crippen LogP contribution in [0.3, 0.4) is 0 Å². The molecule has 0 aromatic heterocycles. The van der Waals surface area contributed by atoms with E-state index in [1.54, 1.807) is 37.3 Å². The van der Waals surface area contributed by atoms with Crippen LogP contribution >= 0.6 is 11.6 Å². The maximum Gasteiger partial charge on any atom is 0.241 e. The van der Waals surface area contributed by atoms with Crippen LogP contribution in [0.5, 0.6) is 0 Å². The molecule has 6 rings (SSSR count). The number of Topliss-reactive ketones (excluding diaryl/α,β-unsaturated/α-hetero) is 2. The Morgan fingerprint density at radius 3 is 2.20 bits per heavy atom. The highest BCUT2D eigenvalue weighted by molar-refractivity contribution is 6.37. The largest absolute Gasteiger partial charge is 0.349 e. The van der Waals surface area contributed by atoms with Gasteiger partial charge in [0.1, 0.15) is 5.82 Å². The summed E-state index contributed by atoms with van der Waals surface area (Å²) in [6, 6.07) is 16.4. The number of amides is 2. The monoisotopic (exact) mass is 489 g/mol. The number of aryl methyl sites for hydroxylation is 1. The molecule has 2 heterocycles. The molecule has 2 saturated heterocycles.